The molecule has 1 heterocycles. The maximum atomic E-state index is 2.33. The fraction of sp³-hybridized carbons (Fsp3) is 0.350. The van der Waals surface area contributed by atoms with Gasteiger partial charge in [0.15, 0.2) is 11.0 Å². The third kappa shape index (κ3) is 2.23. The van der Waals surface area contributed by atoms with Gasteiger partial charge in [-0.2, -0.15) is 0 Å². The summed E-state index contributed by atoms with van der Waals surface area (Å²) in [4.78, 5) is 0. The summed E-state index contributed by atoms with van der Waals surface area (Å²) in [6.07, 6.45) is 0. The van der Waals surface area contributed by atoms with E-state index in [1.54, 1.807) is 0 Å². The van der Waals surface area contributed by atoms with Crippen LogP contribution in [0.5, 0.6) is 0 Å². The quantitative estimate of drug-likeness (QED) is 0.619. The van der Waals surface area contributed by atoms with Crippen molar-refractivity contribution in [3.8, 4) is 11.4 Å². The molecule has 0 fully saturated rings. The zero-order valence-electron chi connectivity index (χ0n) is 14.4. The number of hydrogen-bond acceptors (Lipinski definition) is 0. The third-order valence-corrected chi connectivity index (χ3v) is 4.66. The Labute approximate surface area is 133 Å². The Morgan fingerprint density at radius 2 is 1.73 bits per heavy atom. The molecule has 2 nitrogen and oxygen atoms in total. The molecule has 3 aromatic rings. The minimum atomic E-state index is 0.550. The van der Waals surface area contributed by atoms with Gasteiger partial charge in [0.05, 0.1) is 19.7 Å². The lowest BCUT2D eigenvalue weighted by molar-refractivity contribution is -0.634. The predicted octanol–water partition coefficient (Wildman–Crippen LogP) is 4.41. The molecule has 1 aromatic heterocycles. The molecule has 0 radical (unpaired) electrons. The van der Waals surface area contributed by atoms with Crippen LogP contribution in [-0.4, -0.2) is 4.57 Å². The molecule has 0 aliphatic carbocycles. The predicted molar refractivity (Wildman–Crippen MR) is 93.1 cm³/mol. The van der Waals surface area contributed by atoms with Crippen LogP contribution >= 0.6 is 0 Å². The summed E-state index contributed by atoms with van der Waals surface area (Å²) in [6.45, 7) is 8.83. The van der Waals surface area contributed by atoms with Gasteiger partial charge in [-0.25, -0.2) is 9.13 Å². The minimum Gasteiger partial charge on any atom is -0.226 e. The Balaban J connectivity index is 2.33. The number of fused-ring (bicyclic) bond motifs is 1. The fourth-order valence-electron chi connectivity index (χ4n) is 3.24. The molecule has 0 saturated heterocycles. The molecular formula is C20H25N2+. The monoisotopic (exact) mass is 293 g/mol. The van der Waals surface area contributed by atoms with Crippen molar-refractivity contribution in [1.29, 1.82) is 0 Å². The Kier molecular flexibility index (Phi) is 3.56. The van der Waals surface area contributed by atoms with Crippen molar-refractivity contribution in [3.05, 3.63) is 53.1 Å². The van der Waals surface area contributed by atoms with Gasteiger partial charge in [0, 0.05) is 0 Å². The first-order valence-corrected chi connectivity index (χ1v) is 7.96. The molecule has 22 heavy (non-hydrogen) atoms. The second-order valence-electron chi connectivity index (χ2n) is 6.66. The van der Waals surface area contributed by atoms with Gasteiger partial charge in [0.2, 0.25) is 0 Å². The van der Waals surface area contributed by atoms with Crippen LogP contribution < -0.4 is 4.57 Å². The van der Waals surface area contributed by atoms with E-state index in [0.29, 0.717) is 5.92 Å². The first-order valence-electron chi connectivity index (χ1n) is 7.96. The van der Waals surface area contributed by atoms with Gasteiger partial charge >= 0.3 is 0 Å². The topological polar surface area (TPSA) is 8.81 Å². The van der Waals surface area contributed by atoms with E-state index >= 15 is 0 Å². The van der Waals surface area contributed by atoms with Crippen molar-refractivity contribution >= 4 is 11.0 Å². The Hall–Kier alpha value is -2.09. The summed E-state index contributed by atoms with van der Waals surface area (Å²) in [5.41, 5.74) is 7.89. The zero-order valence-corrected chi connectivity index (χ0v) is 14.4. The first-order chi connectivity index (χ1) is 10.4. The molecule has 0 amide bonds. The van der Waals surface area contributed by atoms with Crippen molar-refractivity contribution in [2.45, 2.75) is 33.6 Å². The Bertz CT molecular complexity index is 854. The average Bonchev–Trinajstić information content (AvgIpc) is 2.73. The molecule has 0 N–H and O–H groups in total. The zero-order chi connectivity index (χ0) is 16.0. The lowest BCUT2D eigenvalue weighted by Crippen LogP contribution is -2.30. The standard InChI is InChI=1S/C20H25N2/c1-13(2)16-9-10-18-19(12-16)22(6)20(21(18)5)17-11-14(3)7-8-15(17)4/h7-13H,1-6H3/q+1. The number of nitrogens with zero attached hydrogens (tertiary/aromatic N) is 2. The molecule has 2 heteroatoms. The van der Waals surface area contributed by atoms with E-state index in [9.17, 15) is 0 Å². The lowest BCUT2D eigenvalue weighted by atomic mass is 10.0. The summed E-state index contributed by atoms with van der Waals surface area (Å²) in [5.74, 6) is 1.81. The summed E-state index contributed by atoms with van der Waals surface area (Å²) >= 11 is 0. The highest BCUT2D eigenvalue weighted by atomic mass is 15.1. The summed E-state index contributed by atoms with van der Waals surface area (Å²) in [5, 5.41) is 0. The lowest BCUT2D eigenvalue weighted by Gasteiger charge is -2.05. The van der Waals surface area contributed by atoms with Crippen LogP contribution in [0.2, 0.25) is 0 Å². The number of hydrogen-bond donors (Lipinski definition) is 0. The van der Waals surface area contributed by atoms with Gasteiger partial charge in [0.25, 0.3) is 5.82 Å². The number of benzene rings is 2. The van der Waals surface area contributed by atoms with E-state index in [-0.39, 0.29) is 0 Å². The average molecular weight is 293 g/mol. The Morgan fingerprint density at radius 3 is 2.41 bits per heavy atom. The molecule has 0 atom stereocenters. The van der Waals surface area contributed by atoms with Gasteiger partial charge in [-0.1, -0.05) is 37.6 Å². The highest BCUT2D eigenvalue weighted by molar-refractivity contribution is 5.77. The van der Waals surface area contributed by atoms with Crippen LogP contribution in [0.25, 0.3) is 22.4 Å². The van der Waals surface area contributed by atoms with Crippen LogP contribution in [-0.2, 0) is 14.1 Å². The minimum absolute atomic E-state index is 0.550. The largest absolute Gasteiger partial charge is 0.289 e. The molecule has 0 aliphatic rings. The van der Waals surface area contributed by atoms with Gasteiger partial charge in [-0.15, -0.1) is 0 Å². The second-order valence-corrected chi connectivity index (χ2v) is 6.66. The van der Waals surface area contributed by atoms with Crippen molar-refractivity contribution in [1.82, 2.24) is 4.57 Å². The molecular weight excluding hydrogens is 268 g/mol. The number of aromatic nitrogens is 2. The molecule has 114 valence electrons. The van der Waals surface area contributed by atoms with Crippen LogP contribution in [0.3, 0.4) is 0 Å². The highest BCUT2D eigenvalue weighted by Crippen LogP contribution is 2.27. The second kappa shape index (κ2) is 5.28. The van der Waals surface area contributed by atoms with Crippen LogP contribution in [0.15, 0.2) is 36.4 Å². The van der Waals surface area contributed by atoms with Gasteiger partial charge in [-0.3, -0.25) is 0 Å². The highest BCUT2D eigenvalue weighted by Gasteiger charge is 2.23. The maximum absolute atomic E-state index is 2.33. The normalized spacial score (nSPS) is 11.6. The van der Waals surface area contributed by atoms with Crippen molar-refractivity contribution < 1.29 is 4.57 Å². The van der Waals surface area contributed by atoms with E-state index in [4.69, 9.17) is 0 Å². The fourth-order valence-corrected chi connectivity index (χ4v) is 3.24. The summed E-state index contributed by atoms with van der Waals surface area (Å²) in [7, 11) is 4.33. The van der Waals surface area contributed by atoms with E-state index < -0.39 is 0 Å². The van der Waals surface area contributed by atoms with E-state index in [2.05, 4.69) is 87.3 Å². The maximum Gasteiger partial charge on any atom is 0.289 e. The SMILES string of the molecule is Cc1ccc(C)c(-c2n(C)c3cc(C(C)C)ccc3[n+]2C)c1. The van der Waals surface area contributed by atoms with Crippen molar-refractivity contribution in [2.75, 3.05) is 0 Å². The van der Waals surface area contributed by atoms with E-state index in [0.717, 1.165) is 0 Å². The molecule has 0 saturated carbocycles. The molecule has 2 aromatic carbocycles. The van der Waals surface area contributed by atoms with E-state index in [1.807, 2.05) is 0 Å². The van der Waals surface area contributed by atoms with Gasteiger partial charge in [-0.05, 0) is 49.1 Å². The number of imidazole rings is 1. The van der Waals surface area contributed by atoms with E-state index in [1.165, 1.54) is 39.1 Å². The van der Waals surface area contributed by atoms with Crippen LogP contribution in [0.1, 0.15) is 36.5 Å². The van der Waals surface area contributed by atoms with Crippen molar-refractivity contribution in [2.24, 2.45) is 14.1 Å². The van der Waals surface area contributed by atoms with Gasteiger partial charge in [0.1, 0.15) is 0 Å². The first kappa shape index (κ1) is 14.8. The van der Waals surface area contributed by atoms with Crippen molar-refractivity contribution in [3.63, 3.8) is 0 Å². The van der Waals surface area contributed by atoms with Crippen LogP contribution in [0.4, 0.5) is 0 Å². The molecule has 0 spiro atoms. The summed E-state index contributed by atoms with van der Waals surface area (Å²) < 4.78 is 4.63. The number of aryl methyl sites for hydroxylation is 4. The molecule has 0 aliphatic heterocycles. The smallest absolute Gasteiger partial charge is 0.226 e. The van der Waals surface area contributed by atoms with Crippen LogP contribution in [0, 0.1) is 13.8 Å². The molecule has 0 bridgehead atoms. The van der Waals surface area contributed by atoms with Gasteiger partial charge < -0.3 is 0 Å². The Morgan fingerprint density at radius 1 is 1.00 bits per heavy atom. The summed E-state index contributed by atoms with van der Waals surface area (Å²) in [6, 6.07) is 13.5. The number of rotatable bonds is 2. The molecule has 0 unspecified atom stereocenters. The third-order valence-electron chi connectivity index (χ3n) is 4.66. The molecule has 3 rings (SSSR count).